The maximum absolute atomic E-state index is 12.4. The number of urea groups is 1. The maximum atomic E-state index is 12.4. The lowest BCUT2D eigenvalue weighted by molar-refractivity contribution is 0.132. The van der Waals surface area contributed by atoms with E-state index in [9.17, 15) is 4.79 Å². The quantitative estimate of drug-likeness (QED) is 0.905. The molecule has 1 aliphatic carbocycles. The summed E-state index contributed by atoms with van der Waals surface area (Å²) in [6.45, 7) is 8.85. The molecule has 1 N–H and O–H groups in total. The van der Waals surface area contributed by atoms with Crippen LogP contribution in [0.3, 0.4) is 0 Å². The zero-order chi connectivity index (χ0) is 16.9. The molecule has 0 bridgehead atoms. The highest BCUT2D eigenvalue weighted by Crippen LogP contribution is 2.23. The smallest absolute Gasteiger partial charge is 0.317 e. The lowest BCUT2D eigenvalue weighted by Gasteiger charge is -2.35. The Morgan fingerprint density at radius 1 is 1.25 bits per heavy atom. The summed E-state index contributed by atoms with van der Waals surface area (Å²) in [6, 6.07) is 0.534. The summed E-state index contributed by atoms with van der Waals surface area (Å²) < 4.78 is 0. The first-order chi connectivity index (χ1) is 11.6. The van der Waals surface area contributed by atoms with Gasteiger partial charge in [-0.05, 0) is 18.8 Å². The number of carbonyl (C=O) groups excluding carboxylic acids is 1. The van der Waals surface area contributed by atoms with Gasteiger partial charge in [-0.15, -0.1) is 11.3 Å². The molecule has 6 heteroatoms. The number of hydrogen-bond donors (Lipinski definition) is 1. The van der Waals surface area contributed by atoms with Gasteiger partial charge in [0.2, 0.25) is 0 Å². The minimum absolute atomic E-state index is 0.137. The Bertz CT molecular complexity index is 531. The van der Waals surface area contributed by atoms with Crippen LogP contribution >= 0.6 is 11.3 Å². The van der Waals surface area contributed by atoms with E-state index in [1.54, 1.807) is 0 Å². The van der Waals surface area contributed by atoms with Crippen LogP contribution in [0.4, 0.5) is 4.79 Å². The predicted molar refractivity (Wildman–Crippen MR) is 98.5 cm³/mol. The number of hydrogen-bond acceptors (Lipinski definition) is 4. The molecule has 2 heterocycles. The number of rotatable bonds is 4. The van der Waals surface area contributed by atoms with E-state index < -0.39 is 0 Å². The van der Waals surface area contributed by atoms with Crippen LogP contribution in [0.5, 0.6) is 0 Å². The summed E-state index contributed by atoms with van der Waals surface area (Å²) in [5.74, 6) is 0.552. The number of nitrogens with zero attached hydrogens (tertiary/aromatic N) is 3. The molecule has 2 aliphatic rings. The maximum Gasteiger partial charge on any atom is 0.317 e. The standard InChI is InChI=1S/C18H30N4OS/c1-14(2)16-12-19-17(24-16)13-21-8-10-22(11-9-21)18(23)20-15-6-4-3-5-7-15/h12,14-15H,3-11,13H2,1-2H3,(H,20,23). The summed E-state index contributed by atoms with van der Waals surface area (Å²) in [5, 5.41) is 4.42. The summed E-state index contributed by atoms with van der Waals surface area (Å²) >= 11 is 1.82. The lowest BCUT2D eigenvalue weighted by Crippen LogP contribution is -2.53. The zero-order valence-electron chi connectivity index (χ0n) is 15.0. The van der Waals surface area contributed by atoms with Crippen LogP contribution in [-0.2, 0) is 6.54 Å². The number of amides is 2. The molecule has 24 heavy (non-hydrogen) atoms. The Balaban J connectivity index is 1.42. The van der Waals surface area contributed by atoms with Gasteiger partial charge < -0.3 is 10.2 Å². The fourth-order valence-corrected chi connectivity index (χ4v) is 4.44. The fraction of sp³-hybridized carbons (Fsp3) is 0.778. The number of thiazole rings is 1. The normalized spacial score (nSPS) is 20.5. The summed E-state index contributed by atoms with van der Waals surface area (Å²) in [5.41, 5.74) is 0. The van der Waals surface area contributed by atoms with Crippen molar-refractivity contribution in [3.05, 3.63) is 16.1 Å². The third-order valence-electron chi connectivity index (χ3n) is 5.09. The van der Waals surface area contributed by atoms with Gasteiger partial charge in [-0.2, -0.15) is 0 Å². The Morgan fingerprint density at radius 3 is 2.58 bits per heavy atom. The molecule has 0 atom stereocenters. The fourth-order valence-electron chi connectivity index (χ4n) is 3.48. The number of piperazine rings is 1. The second kappa shape index (κ2) is 8.30. The van der Waals surface area contributed by atoms with Gasteiger partial charge in [-0.1, -0.05) is 33.1 Å². The highest BCUT2D eigenvalue weighted by Gasteiger charge is 2.24. The van der Waals surface area contributed by atoms with Gasteiger partial charge >= 0.3 is 6.03 Å². The van der Waals surface area contributed by atoms with Crippen LogP contribution in [0.1, 0.15) is 61.8 Å². The number of carbonyl (C=O) groups is 1. The Hall–Kier alpha value is -1.14. The molecule has 0 spiro atoms. The minimum atomic E-state index is 0.137. The lowest BCUT2D eigenvalue weighted by atomic mass is 9.96. The van der Waals surface area contributed by atoms with Crippen LogP contribution in [0.15, 0.2) is 6.20 Å². The molecule has 1 aromatic heterocycles. The highest BCUT2D eigenvalue weighted by molar-refractivity contribution is 7.11. The molecular weight excluding hydrogens is 320 g/mol. The van der Waals surface area contributed by atoms with E-state index in [0.29, 0.717) is 12.0 Å². The van der Waals surface area contributed by atoms with Crippen molar-refractivity contribution in [3.63, 3.8) is 0 Å². The number of aromatic nitrogens is 1. The molecule has 0 radical (unpaired) electrons. The third-order valence-corrected chi connectivity index (χ3v) is 6.37. The van der Waals surface area contributed by atoms with Crippen molar-refractivity contribution >= 4 is 17.4 Å². The molecule has 134 valence electrons. The third kappa shape index (κ3) is 4.70. The van der Waals surface area contributed by atoms with Crippen LogP contribution in [0.2, 0.25) is 0 Å². The molecule has 1 saturated carbocycles. The van der Waals surface area contributed by atoms with Gasteiger partial charge in [0.05, 0.1) is 6.54 Å². The zero-order valence-corrected chi connectivity index (χ0v) is 15.8. The van der Waals surface area contributed by atoms with E-state index in [-0.39, 0.29) is 6.03 Å². The van der Waals surface area contributed by atoms with Gasteiger partial charge in [0, 0.05) is 43.3 Å². The molecule has 1 aromatic rings. The van der Waals surface area contributed by atoms with Crippen LogP contribution < -0.4 is 5.32 Å². The first-order valence-electron chi connectivity index (χ1n) is 9.34. The molecule has 5 nitrogen and oxygen atoms in total. The molecule has 0 unspecified atom stereocenters. The largest absolute Gasteiger partial charge is 0.335 e. The second-order valence-electron chi connectivity index (χ2n) is 7.36. The Kier molecular flexibility index (Phi) is 6.11. The monoisotopic (exact) mass is 350 g/mol. The van der Waals surface area contributed by atoms with Gasteiger partial charge in [0.1, 0.15) is 5.01 Å². The van der Waals surface area contributed by atoms with Gasteiger partial charge in [-0.25, -0.2) is 9.78 Å². The van der Waals surface area contributed by atoms with Crippen molar-refractivity contribution in [2.24, 2.45) is 0 Å². The van der Waals surface area contributed by atoms with E-state index in [0.717, 1.165) is 45.6 Å². The van der Waals surface area contributed by atoms with Gasteiger partial charge in [0.25, 0.3) is 0 Å². The van der Waals surface area contributed by atoms with E-state index >= 15 is 0 Å². The van der Waals surface area contributed by atoms with Crippen LogP contribution in [0.25, 0.3) is 0 Å². The average Bonchev–Trinajstić information content (AvgIpc) is 3.05. The van der Waals surface area contributed by atoms with Crippen LogP contribution in [-0.4, -0.2) is 53.0 Å². The molecule has 0 aromatic carbocycles. The first kappa shape index (κ1) is 17.7. The van der Waals surface area contributed by atoms with Crippen molar-refractivity contribution in [3.8, 4) is 0 Å². The molecule has 1 saturated heterocycles. The van der Waals surface area contributed by atoms with Crippen LogP contribution in [0, 0.1) is 0 Å². The van der Waals surface area contributed by atoms with Crippen molar-refractivity contribution in [1.29, 1.82) is 0 Å². The Labute approximate surface area is 149 Å². The van der Waals surface area contributed by atoms with E-state index in [4.69, 9.17) is 0 Å². The second-order valence-corrected chi connectivity index (χ2v) is 8.51. The van der Waals surface area contributed by atoms with Gasteiger partial charge in [0.15, 0.2) is 0 Å². The Morgan fingerprint density at radius 2 is 1.96 bits per heavy atom. The molecule has 2 amide bonds. The van der Waals surface area contributed by atoms with E-state index in [1.807, 2.05) is 22.4 Å². The van der Waals surface area contributed by atoms with Crippen molar-refractivity contribution in [2.45, 2.75) is 64.5 Å². The SMILES string of the molecule is CC(C)c1cnc(CN2CCN(C(=O)NC3CCCCC3)CC2)s1. The summed E-state index contributed by atoms with van der Waals surface area (Å²) in [7, 11) is 0. The topological polar surface area (TPSA) is 48.5 Å². The van der Waals surface area contributed by atoms with Crippen molar-refractivity contribution in [1.82, 2.24) is 20.1 Å². The molecule has 1 aliphatic heterocycles. The highest BCUT2D eigenvalue weighted by atomic mass is 32.1. The molecular formula is C18H30N4OS. The average molecular weight is 351 g/mol. The minimum Gasteiger partial charge on any atom is -0.335 e. The molecule has 2 fully saturated rings. The van der Waals surface area contributed by atoms with E-state index in [1.165, 1.54) is 29.1 Å². The van der Waals surface area contributed by atoms with Gasteiger partial charge in [-0.3, -0.25) is 4.90 Å². The predicted octanol–water partition coefficient (Wildman–Crippen LogP) is 3.43. The number of nitrogens with one attached hydrogen (secondary N) is 1. The summed E-state index contributed by atoms with van der Waals surface area (Å²) in [4.78, 5) is 22.7. The summed E-state index contributed by atoms with van der Waals surface area (Å²) in [6.07, 6.45) is 8.14. The van der Waals surface area contributed by atoms with Crippen molar-refractivity contribution in [2.75, 3.05) is 26.2 Å². The van der Waals surface area contributed by atoms with E-state index in [2.05, 4.69) is 29.0 Å². The molecule has 3 rings (SSSR count). The first-order valence-corrected chi connectivity index (χ1v) is 10.2. The van der Waals surface area contributed by atoms with Crippen molar-refractivity contribution < 1.29 is 4.79 Å².